The van der Waals surface area contributed by atoms with Crippen molar-refractivity contribution >= 4 is 11.6 Å². The molecule has 1 aliphatic rings. The molecule has 0 unspecified atom stereocenters. The lowest BCUT2D eigenvalue weighted by atomic mass is 9.99. The summed E-state index contributed by atoms with van der Waals surface area (Å²) in [5, 5.41) is 10.7. The van der Waals surface area contributed by atoms with Gasteiger partial charge in [0.2, 0.25) is 5.82 Å². The molecule has 1 saturated heterocycles. The van der Waals surface area contributed by atoms with Crippen LogP contribution in [0, 0.1) is 21.8 Å². The zero-order valence-corrected chi connectivity index (χ0v) is 11.8. The zero-order valence-electron chi connectivity index (χ0n) is 11.8. The first-order chi connectivity index (χ1) is 9.99. The van der Waals surface area contributed by atoms with Crippen LogP contribution in [0.1, 0.15) is 23.2 Å². The Morgan fingerprint density at radius 3 is 2.76 bits per heavy atom. The molecule has 1 fully saturated rings. The number of nitro groups is 1. The predicted octanol–water partition coefficient (Wildman–Crippen LogP) is 2.23. The zero-order chi connectivity index (χ0) is 15.4. The van der Waals surface area contributed by atoms with Crippen molar-refractivity contribution in [2.75, 3.05) is 26.8 Å². The summed E-state index contributed by atoms with van der Waals surface area (Å²) in [5.41, 5.74) is -0.557. The molecule has 0 radical (unpaired) electrons. The van der Waals surface area contributed by atoms with Crippen molar-refractivity contribution in [1.29, 1.82) is 0 Å². The number of amides is 1. The largest absolute Gasteiger partial charge is 0.381 e. The lowest BCUT2D eigenvalue weighted by Gasteiger charge is -2.27. The van der Waals surface area contributed by atoms with Crippen molar-refractivity contribution in [2.45, 2.75) is 12.8 Å². The second kappa shape index (κ2) is 6.62. The summed E-state index contributed by atoms with van der Waals surface area (Å²) < 4.78 is 18.5. The topological polar surface area (TPSA) is 72.7 Å². The number of rotatable bonds is 4. The Balaban J connectivity index is 2.08. The molecule has 0 spiro atoms. The maximum absolute atomic E-state index is 13.3. The van der Waals surface area contributed by atoms with Gasteiger partial charge in [-0.25, -0.2) is 0 Å². The molecule has 0 N–H and O–H groups in total. The van der Waals surface area contributed by atoms with Crippen LogP contribution in [0.5, 0.6) is 0 Å². The molecule has 1 aromatic carbocycles. The smallest absolute Gasteiger partial charge is 0.305 e. The van der Waals surface area contributed by atoms with E-state index in [0.29, 0.717) is 25.7 Å². The Morgan fingerprint density at radius 1 is 1.48 bits per heavy atom. The highest BCUT2D eigenvalue weighted by Gasteiger charge is 2.22. The number of halogens is 1. The van der Waals surface area contributed by atoms with Crippen LogP contribution in [0.4, 0.5) is 10.1 Å². The van der Waals surface area contributed by atoms with Crippen LogP contribution in [0.25, 0.3) is 0 Å². The van der Waals surface area contributed by atoms with E-state index in [1.165, 1.54) is 11.0 Å². The first kappa shape index (κ1) is 15.4. The highest BCUT2D eigenvalue weighted by molar-refractivity contribution is 5.94. The standard InChI is InChI=1S/C14H17FN2O4/c1-16(9-10-4-6-21-7-5-10)14(18)11-2-3-12(15)13(8-11)17(19)20/h2-3,8,10H,4-7,9H2,1H3. The van der Waals surface area contributed by atoms with Gasteiger partial charge in [-0.05, 0) is 30.9 Å². The number of ether oxygens (including phenoxy) is 1. The summed E-state index contributed by atoms with van der Waals surface area (Å²) in [6, 6.07) is 3.21. The first-order valence-electron chi connectivity index (χ1n) is 6.76. The van der Waals surface area contributed by atoms with E-state index < -0.39 is 16.4 Å². The summed E-state index contributed by atoms with van der Waals surface area (Å²) in [6.07, 6.45) is 1.78. The van der Waals surface area contributed by atoms with Gasteiger partial charge in [0.25, 0.3) is 5.91 Å². The van der Waals surface area contributed by atoms with Crippen LogP contribution < -0.4 is 0 Å². The number of benzene rings is 1. The number of hydrogen-bond acceptors (Lipinski definition) is 4. The summed E-state index contributed by atoms with van der Waals surface area (Å²) in [6.45, 7) is 1.94. The molecule has 0 saturated carbocycles. The third kappa shape index (κ3) is 3.75. The van der Waals surface area contributed by atoms with Crippen LogP contribution in [0.2, 0.25) is 0 Å². The average molecular weight is 296 g/mol. The van der Waals surface area contributed by atoms with E-state index in [9.17, 15) is 19.3 Å². The molecule has 114 valence electrons. The van der Waals surface area contributed by atoms with Gasteiger partial charge >= 0.3 is 5.69 Å². The van der Waals surface area contributed by atoms with Crippen LogP contribution >= 0.6 is 0 Å². The second-order valence-electron chi connectivity index (χ2n) is 5.16. The maximum Gasteiger partial charge on any atom is 0.305 e. The lowest BCUT2D eigenvalue weighted by Crippen LogP contribution is -2.34. The Kier molecular flexibility index (Phi) is 4.85. The first-order valence-corrected chi connectivity index (χ1v) is 6.76. The fourth-order valence-corrected chi connectivity index (χ4v) is 2.41. The van der Waals surface area contributed by atoms with Gasteiger partial charge in [0.05, 0.1) is 4.92 Å². The van der Waals surface area contributed by atoms with Gasteiger partial charge in [-0.15, -0.1) is 0 Å². The number of carbonyl (C=O) groups excluding carboxylic acids is 1. The van der Waals surface area contributed by atoms with Crippen molar-refractivity contribution in [3.8, 4) is 0 Å². The minimum Gasteiger partial charge on any atom is -0.381 e. The van der Waals surface area contributed by atoms with Gasteiger partial charge in [0, 0.05) is 38.4 Å². The third-order valence-electron chi connectivity index (χ3n) is 3.61. The molecule has 6 nitrogen and oxygen atoms in total. The Labute approximate surface area is 121 Å². The monoisotopic (exact) mass is 296 g/mol. The minimum atomic E-state index is -0.941. The van der Waals surface area contributed by atoms with Crippen LogP contribution in [-0.4, -0.2) is 42.5 Å². The molecular weight excluding hydrogens is 279 g/mol. The van der Waals surface area contributed by atoms with Crippen molar-refractivity contribution in [1.82, 2.24) is 4.90 Å². The fourth-order valence-electron chi connectivity index (χ4n) is 2.41. The maximum atomic E-state index is 13.3. The second-order valence-corrected chi connectivity index (χ2v) is 5.16. The average Bonchev–Trinajstić information content (AvgIpc) is 2.47. The number of hydrogen-bond donors (Lipinski definition) is 0. The molecule has 21 heavy (non-hydrogen) atoms. The van der Waals surface area contributed by atoms with Gasteiger partial charge in [-0.2, -0.15) is 4.39 Å². The summed E-state index contributed by atoms with van der Waals surface area (Å²) in [4.78, 5) is 23.7. The molecule has 0 aliphatic carbocycles. The summed E-state index contributed by atoms with van der Waals surface area (Å²) in [5.74, 6) is -0.920. The van der Waals surface area contributed by atoms with Crippen molar-refractivity contribution in [3.05, 3.63) is 39.7 Å². The van der Waals surface area contributed by atoms with Gasteiger partial charge in [-0.3, -0.25) is 14.9 Å². The van der Waals surface area contributed by atoms with Gasteiger partial charge in [0.1, 0.15) is 0 Å². The molecule has 0 atom stereocenters. The molecule has 1 aliphatic heterocycles. The molecule has 1 heterocycles. The SMILES string of the molecule is CN(CC1CCOCC1)C(=O)c1ccc(F)c([N+](=O)[O-])c1. The molecule has 7 heteroatoms. The quantitative estimate of drug-likeness (QED) is 0.631. The van der Waals surface area contributed by atoms with Crippen molar-refractivity contribution < 1.29 is 18.8 Å². The number of nitrogens with zero attached hydrogens (tertiary/aromatic N) is 2. The van der Waals surface area contributed by atoms with Gasteiger partial charge in [0.15, 0.2) is 0 Å². The van der Waals surface area contributed by atoms with E-state index in [2.05, 4.69) is 0 Å². The normalized spacial score (nSPS) is 15.7. The number of nitro benzene ring substituents is 1. The van der Waals surface area contributed by atoms with E-state index in [1.54, 1.807) is 7.05 Å². The van der Waals surface area contributed by atoms with E-state index in [0.717, 1.165) is 25.0 Å². The Bertz CT molecular complexity index is 544. The van der Waals surface area contributed by atoms with Gasteiger partial charge < -0.3 is 9.64 Å². The van der Waals surface area contributed by atoms with E-state index >= 15 is 0 Å². The van der Waals surface area contributed by atoms with Crippen molar-refractivity contribution in [2.24, 2.45) is 5.92 Å². The molecule has 0 bridgehead atoms. The van der Waals surface area contributed by atoms with E-state index in [4.69, 9.17) is 4.74 Å². The third-order valence-corrected chi connectivity index (χ3v) is 3.61. The summed E-state index contributed by atoms with van der Waals surface area (Å²) in [7, 11) is 1.65. The summed E-state index contributed by atoms with van der Waals surface area (Å²) >= 11 is 0. The Hall–Kier alpha value is -2.02. The highest BCUT2D eigenvalue weighted by atomic mass is 19.1. The van der Waals surface area contributed by atoms with E-state index in [-0.39, 0.29) is 11.5 Å². The molecule has 0 aromatic heterocycles. The van der Waals surface area contributed by atoms with Crippen LogP contribution in [0.15, 0.2) is 18.2 Å². The minimum absolute atomic E-state index is 0.123. The number of carbonyl (C=O) groups is 1. The molecule has 1 aromatic rings. The Morgan fingerprint density at radius 2 is 2.14 bits per heavy atom. The van der Waals surface area contributed by atoms with Gasteiger partial charge in [-0.1, -0.05) is 0 Å². The lowest BCUT2D eigenvalue weighted by molar-refractivity contribution is -0.387. The molecule has 1 amide bonds. The predicted molar refractivity (Wildman–Crippen MR) is 73.6 cm³/mol. The molecular formula is C14H17FN2O4. The van der Waals surface area contributed by atoms with Crippen LogP contribution in [-0.2, 0) is 4.74 Å². The van der Waals surface area contributed by atoms with Crippen LogP contribution in [0.3, 0.4) is 0 Å². The molecule has 2 rings (SSSR count). The fraction of sp³-hybridized carbons (Fsp3) is 0.500. The highest BCUT2D eigenvalue weighted by Crippen LogP contribution is 2.21. The van der Waals surface area contributed by atoms with E-state index in [1.807, 2.05) is 0 Å². The van der Waals surface area contributed by atoms with Crippen molar-refractivity contribution in [3.63, 3.8) is 0 Å².